The maximum atomic E-state index is 11.7. The first-order valence-corrected chi connectivity index (χ1v) is 6.16. The van der Waals surface area contributed by atoms with E-state index in [0.717, 1.165) is 16.8 Å². The van der Waals surface area contributed by atoms with E-state index < -0.39 is 0 Å². The molecule has 98 valence electrons. The van der Waals surface area contributed by atoms with E-state index in [1.165, 1.54) is 0 Å². The molecule has 2 rings (SSSR count). The summed E-state index contributed by atoms with van der Waals surface area (Å²) in [5.41, 5.74) is 8.50. The number of anilines is 1. The van der Waals surface area contributed by atoms with Crippen molar-refractivity contribution in [1.82, 2.24) is 5.32 Å². The Morgan fingerprint density at radius 2 is 1.58 bits per heavy atom. The first-order valence-electron chi connectivity index (χ1n) is 6.16. The van der Waals surface area contributed by atoms with Crippen LogP contribution in [0.3, 0.4) is 0 Å². The van der Waals surface area contributed by atoms with Crippen LogP contribution in [0.15, 0.2) is 54.6 Å². The molecule has 0 aromatic heterocycles. The fourth-order valence-corrected chi connectivity index (χ4v) is 1.80. The van der Waals surface area contributed by atoms with Gasteiger partial charge in [-0.25, -0.2) is 4.79 Å². The third-order valence-corrected chi connectivity index (χ3v) is 2.81. The van der Waals surface area contributed by atoms with Crippen LogP contribution in [0.2, 0.25) is 0 Å². The highest BCUT2D eigenvalue weighted by molar-refractivity contribution is 5.89. The number of nitrogens with two attached hydrogens (primary N) is 1. The molecule has 2 amide bonds. The lowest BCUT2D eigenvalue weighted by atomic mass is 10.1. The molecule has 0 heterocycles. The van der Waals surface area contributed by atoms with Crippen LogP contribution < -0.4 is 16.4 Å². The molecule has 4 N–H and O–H groups in total. The van der Waals surface area contributed by atoms with Gasteiger partial charge in [-0.1, -0.05) is 42.5 Å². The zero-order chi connectivity index (χ0) is 13.5. The SMILES string of the molecule is NCc1ccccc1CNC(=O)Nc1ccccc1. The van der Waals surface area contributed by atoms with E-state index in [4.69, 9.17) is 5.73 Å². The van der Waals surface area contributed by atoms with Gasteiger partial charge in [-0.2, -0.15) is 0 Å². The molecule has 0 aliphatic heterocycles. The first-order chi connectivity index (χ1) is 9.29. The van der Waals surface area contributed by atoms with Crippen molar-refractivity contribution >= 4 is 11.7 Å². The predicted octanol–water partition coefficient (Wildman–Crippen LogP) is 2.47. The summed E-state index contributed by atoms with van der Waals surface area (Å²) in [6.07, 6.45) is 0. The Kier molecular flexibility index (Phi) is 4.53. The molecule has 19 heavy (non-hydrogen) atoms. The summed E-state index contributed by atoms with van der Waals surface area (Å²) in [6, 6.07) is 16.9. The number of carbonyl (C=O) groups is 1. The molecule has 0 spiro atoms. The Labute approximate surface area is 112 Å². The zero-order valence-electron chi connectivity index (χ0n) is 10.6. The molecule has 0 unspecified atom stereocenters. The van der Waals surface area contributed by atoms with Crippen molar-refractivity contribution < 1.29 is 4.79 Å². The average molecular weight is 255 g/mol. The van der Waals surface area contributed by atoms with E-state index in [2.05, 4.69) is 10.6 Å². The number of hydrogen-bond donors (Lipinski definition) is 3. The number of nitrogens with one attached hydrogen (secondary N) is 2. The van der Waals surface area contributed by atoms with Crippen LogP contribution in [0.4, 0.5) is 10.5 Å². The van der Waals surface area contributed by atoms with Crippen LogP contribution in [-0.4, -0.2) is 6.03 Å². The Morgan fingerprint density at radius 1 is 0.947 bits per heavy atom. The van der Waals surface area contributed by atoms with Crippen molar-refractivity contribution in [3.63, 3.8) is 0 Å². The summed E-state index contributed by atoms with van der Waals surface area (Å²) in [5, 5.41) is 5.58. The van der Waals surface area contributed by atoms with Gasteiger partial charge < -0.3 is 16.4 Å². The minimum absolute atomic E-state index is 0.224. The van der Waals surface area contributed by atoms with Crippen molar-refractivity contribution in [2.24, 2.45) is 5.73 Å². The molecular weight excluding hydrogens is 238 g/mol. The normalized spacial score (nSPS) is 9.95. The van der Waals surface area contributed by atoms with Crippen LogP contribution in [-0.2, 0) is 13.1 Å². The highest BCUT2D eigenvalue weighted by atomic mass is 16.2. The number of urea groups is 1. The van der Waals surface area contributed by atoms with Gasteiger partial charge in [0.25, 0.3) is 0 Å². The third kappa shape index (κ3) is 3.82. The van der Waals surface area contributed by atoms with E-state index in [9.17, 15) is 4.79 Å². The standard InChI is InChI=1S/C15H17N3O/c16-10-12-6-4-5-7-13(12)11-17-15(19)18-14-8-2-1-3-9-14/h1-9H,10-11,16H2,(H2,17,18,19). The average Bonchev–Trinajstić information content (AvgIpc) is 2.46. The minimum atomic E-state index is -0.224. The van der Waals surface area contributed by atoms with Crippen molar-refractivity contribution in [2.75, 3.05) is 5.32 Å². The summed E-state index contributed by atoms with van der Waals surface area (Å²) >= 11 is 0. The van der Waals surface area contributed by atoms with E-state index in [-0.39, 0.29) is 6.03 Å². The monoisotopic (exact) mass is 255 g/mol. The van der Waals surface area contributed by atoms with Gasteiger partial charge in [-0.05, 0) is 23.3 Å². The van der Waals surface area contributed by atoms with Gasteiger partial charge in [-0.15, -0.1) is 0 Å². The minimum Gasteiger partial charge on any atom is -0.334 e. The summed E-state index contributed by atoms with van der Waals surface area (Å²) in [6.45, 7) is 0.935. The van der Waals surface area contributed by atoms with E-state index >= 15 is 0 Å². The smallest absolute Gasteiger partial charge is 0.319 e. The number of hydrogen-bond acceptors (Lipinski definition) is 2. The second-order valence-corrected chi connectivity index (χ2v) is 4.15. The quantitative estimate of drug-likeness (QED) is 0.785. The topological polar surface area (TPSA) is 67.1 Å². The van der Waals surface area contributed by atoms with E-state index in [1.807, 2.05) is 54.6 Å². The van der Waals surface area contributed by atoms with E-state index in [0.29, 0.717) is 13.1 Å². The molecule has 2 aromatic rings. The molecule has 0 aliphatic carbocycles. The summed E-state index contributed by atoms with van der Waals surface area (Å²) in [4.78, 5) is 11.7. The third-order valence-electron chi connectivity index (χ3n) is 2.81. The molecule has 0 aliphatic rings. The van der Waals surface area contributed by atoms with E-state index in [1.54, 1.807) is 0 Å². The molecule has 4 nitrogen and oxygen atoms in total. The lowest BCUT2D eigenvalue weighted by Crippen LogP contribution is -2.28. The van der Waals surface area contributed by atoms with Gasteiger partial charge in [0.2, 0.25) is 0 Å². The van der Waals surface area contributed by atoms with Gasteiger partial charge in [0, 0.05) is 18.8 Å². The molecule has 0 bridgehead atoms. The van der Waals surface area contributed by atoms with Gasteiger partial charge in [-0.3, -0.25) is 0 Å². The molecule has 0 fully saturated rings. The van der Waals surface area contributed by atoms with Gasteiger partial charge >= 0.3 is 6.03 Å². The number of benzene rings is 2. The largest absolute Gasteiger partial charge is 0.334 e. The van der Waals surface area contributed by atoms with Crippen LogP contribution in [0.25, 0.3) is 0 Å². The Hall–Kier alpha value is -2.33. The van der Waals surface area contributed by atoms with Crippen LogP contribution in [0.5, 0.6) is 0 Å². The lowest BCUT2D eigenvalue weighted by Gasteiger charge is -2.10. The number of rotatable bonds is 4. The van der Waals surface area contributed by atoms with Crippen molar-refractivity contribution in [3.8, 4) is 0 Å². The second kappa shape index (κ2) is 6.56. The zero-order valence-corrected chi connectivity index (χ0v) is 10.6. The summed E-state index contributed by atoms with van der Waals surface area (Å²) < 4.78 is 0. The van der Waals surface area contributed by atoms with Gasteiger partial charge in [0.15, 0.2) is 0 Å². The predicted molar refractivity (Wildman–Crippen MR) is 76.6 cm³/mol. The lowest BCUT2D eigenvalue weighted by molar-refractivity contribution is 0.251. The highest BCUT2D eigenvalue weighted by Crippen LogP contribution is 2.08. The maximum Gasteiger partial charge on any atom is 0.319 e. The first kappa shape index (κ1) is 13.1. The molecular formula is C15H17N3O. The van der Waals surface area contributed by atoms with Crippen LogP contribution in [0, 0.1) is 0 Å². The fourth-order valence-electron chi connectivity index (χ4n) is 1.80. The molecule has 2 aromatic carbocycles. The number of amides is 2. The fraction of sp³-hybridized carbons (Fsp3) is 0.133. The van der Waals surface area contributed by atoms with Crippen molar-refractivity contribution in [1.29, 1.82) is 0 Å². The number of carbonyl (C=O) groups excluding carboxylic acids is 1. The highest BCUT2D eigenvalue weighted by Gasteiger charge is 2.03. The molecule has 0 radical (unpaired) electrons. The second-order valence-electron chi connectivity index (χ2n) is 4.15. The van der Waals surface area contributed by atoms with Crippen LogP contribution in [0.1, 0.15) is 11.1 Å². The maximum absolute atomic E-state index is 11.7. The summed E-state index contributed by atoms with van der Waals surface area (Å²) in [7, 11) is 0. The Bertz CT molecular complexity index is 540. The summed E-state index contributed by atoms with van der Waals surface area (Å²) in [5.74, 6) is 0. The van der Waals surface area contributed by atoms with Crippen molar-refractivity contribution in [2.45, 2.75) is 13.1 Å². The van der Waals surface area contributed by atoms with Gasteiger partial charge in [0.05, 0.1) is 0 Å². The van der Waals surface area contributed by atoms with Crippen LogP contribution >= 0.6 is 0 Å². The Balaban J connectivity index is 1.90. The molecule has 0 saturated heterocycles. The molecule has 0 saturated carbocycles. The molecule has 4 heteroatoms. The molecule has 0 atom stereocenters. The Morgan fingerprint density at radius 3 is 2.26 bits per heavy atom. The van der Waals surface area contributed by atoms with Gasteiger partial charge in [0.1, 0.15) is 0 Å². The van der Waals surface area contributed by atoms with Crippen molar-refractivity contribution in [3.05, 3.63) is 65.7 Å². The number of para-hydroxylation sites is 1.